The zero-order valence-electron chi connectivity index (χ0n) is 11.0. The summed E-state index contributed by atoms with van der Waals surface area (Å²) >= 11 is 0. The van der Waals surface area contributed by atoms with E-state index in [1.54, 1.807) is 7.05 Å². The fourth-order valence-electron chi connectivity index (χ4n) is 1.91. The van der Waals surface area contributed by atoms with Crippen molar-refractivity contribution in [1.29, 1.82) is 0 Å². The van der Waals surface area contributed by atoms with Crippen LogP contribution in [-0.4, -0.2) is 54.4 Å². The van der Waals surface area contributed by atoms with Crippen LogP contribution in [-0.2, 0) is 9.53 Å². The van der Waals surface area contributed by atoms with Crippen LogP contribution in [0.4, 0.5) is 4.79 Å². The number of likely N-dealkylation sites (N-methyl/N-ethyl adjacent to an activating group) is 1. The maximum Gasteiger partial charge on any atom is 0.326 e. The molecule has 6 nitrogen and oxygen atoms in total. The van der Waals surface area contributed by atoms with Crippen molar-refractivity contribution in [3.8, 4) is 0 Å². The van der Waals surface area contributed by atoms with Crippen molar-refractivity contribution in [2.75, 3.05) is 20.3 Å². The van der Waals surface area contributed by atoms with Crippen molar-refractivity contribution >= 4 is 12.0 Å². The number of rotatable bonds is 6. The molecule has 2 unspecified atom stereocenters. The van der Waals surface area contributed by atoms with Gasteiger partial charge in [-0.1, -0.05) is 19.8 Å². The van der Waals surface area contributed by atoms with E-state index in [1.807, 2.05) is 6.92 Å². The molecule has 0 spiro atoms. The zero-order valence-corrected chi connectivity index (χ0v) is 11.0. The number of carboxylic acids is 1. The minimum absolute atomic E-state index is 0.0469. The SMILES string of the molecule is CCCCC(NC(=O)N(C)C1CCOC1)C(=O)O. The lowest BCUT2D eigenvalue weighted by atomic mass is 10.1. The van der Waals surface area contributed by atoms with Crippen molar-refractivity contribution in [2.45, 2.75) is 44.7 Å². The summed E-state index contributed by atoms with van der Waals surface area (Å²) in [5, 5.41) is 11.6. The van der Waals surface area contributed by atoms with Gasteiger partial charge in [0, 0.05) is 13.7 Å². The largest absolute Gasteiger partial charge is 0.480 e. The van der Waals surface area contributed by atoms with Gasteiger partial charge in [0.25, 0.3) is 0 Å². The molecular formula is C12H22N2O4. The van der Waals surface area contributed by atoms with Crippen molar-refractivity contribution in [3.05, 3.63) is 0 Å². The lowest BCUT2D eigenvalue weighted by Gasteiger charge is -2.25. The standard InChI is InChI=1S/C12H22N2O4/c1-3-4-5-10(11(15)16)13-12(17)14(2)9-6-7-18-8-9/h9-10H,3-8H2,1-2H3,(H,13,17)(H,15,16). The average molecular weight is 258 g/mol. The summed E-state index contributed by atoms with van der Waals surface area (Å²) in [6.07, 6.45) is 2.96. The summed E-state index contributed by atoms with van der Waals surface area (Å²) in [6.45, 7) is 3.17. The smallest absolute Gasteiger partial charge is 0.326 e. The van der Waals surface area contributed by atoms with Gasteiger partial charge in [-0.2, -0.15) is 0 Å². The lowest BCUT2D eigenvalue weighted by Crippen LogP contribution is -2.50. The van der Waals surface area contributed by atoms with Crippen molar-refractivity contribution in [2.24, 2.45) is 0 Å². The number of unbranched alkanes of at least 4 members (excludes halogenated alkanes) is 1. The van der Waals surface area contributed by atoms with Gasteiger partial charge >= 0.3 is 12.0 Å². The summed E-state index contributed by atoms with van der Waals surface area (Å²) in [5.41, 5.74) is 0. The minimum atomic E-state index is -0.979. The van der Waals surface area contributed by atoms with E-state index in [2.05, 4.69) is 5.32 Å². The molecule has 18 heavy (non-hydrogen) atoms. The molecule has 104 valence electrons. The summed E-state index contributed by atoms with van der Waals surface area (Å²) in [4.78, 5) is 24.5. The third-order valence-electron chi connectivity index (χ3n) is 3.22. The predicted octanol–water partition coefficient (Wildman–Crippen LogP) is 1.06. The highest BCUT2D eigenvalue weighted by molar-refractivity contribution is 5.82. The maximum absolute atomic E-state index is 11.9. The molecule has 2 atom stereocenters. The van der Waals surface area contributed by atoms with E-state index in [4.69, 9.17) is 9.84 Å². The number of nitrogens with one attached hydrogen (secondary N) is 1. The summed E-state index contributed by atoms with van der Waals surface area (Å²) in [6, 6.07) is -1.10. The number of aliphatic carboxylic acids is 1. The Morgan fingerprint density at radius 2 is 2.28 bits per heavy atom. The molecule has 0 saturated carbocycles. The monoisotopic (exact) mass is 258 g/mol. The Morgan fingerprint density at radius 3 is 2.78 bits per heavy atom. The fourth-order valence-corrected chi connectivity index (χ4v) is 1.91. The Balaban J connectivity index is 2.46. The molecule has 2 amide bonds. The number of amides is 2. The first-order valence-corrected chi connectivity index (χ1v) is 6.40. The van der Waals surface area contributed by atoms with Crippen molar-refractivity contribution < 1.29 is 19.4 Å². The number of carbonyl (C=O) groups is 2. The summed E-state index contributed by atoms with van der Waals surface area (Å²) in [7, 11) is 1.67. The number of carboxylic acid groups (broad SMARTS) is 1. The molecule has 0 aromatic heterocycles. The first kappa shape index (κ1) is 14.8. The molecule has 0 aromatic rings. The number of hydrogen-bond acceptors (Lipinski definition) is 3. The third kappa shape index (κ3) is 4.18. The van der Waals surface area contributed by atoms with Crippen molar-refractivity contribution in [3.63, 3.8) is 0 Å². The van der Waals surface area contributed by atoms with Gasteiger partial charge in [-0.05, 0) is 12.8 Å². The summed E-state index contributed by atoms with van der Waals surface area (Å²) < 4.78 is 5.21. The van der Waals surface area contributed by atoms with E-state index in [0.29, 0.717) is 19.6 Å². The quantitative estimate of drug-likeness (QED) is 0.746. The topological polar surface area (TPSA) is 78.9 Å². The van der Waals surface area contributed by atoms with Gasteiger partial charge in [0.15, 0.2) is 0 Å². The zero-order chi connectivity index (χ0) is 13.5. The van der Waals surface area contributed by atoms with E-state index in [0.717, 1.165) is 19.3 Å². The molecule has 2 N–H and O–H groups in total. The molecule has 0 aromatic carbocycles. The lowest BCUT2D eigenvalue weighted by molar-refractivity contribution is -0.139. The Kier molecular flexibility index (Phi) is 5.91. The van der Waals surface area contributed by atoms with E-state index in [-0.39, 0.29) is 12.1 Å². The van der Waals surface area contributed by atoms with E-state index in [1.165, 1.54) is 4.90 Å². The van der Waals surface area contributed by atoms with Crippen molar-refractivity contribution in [1.82, 2.24) is 10.2 Å². The molecule has 0 bridgehead atoms. The first-order valence-electron chi connectivity index (χ1n) is 6.40. The Morgan fingerprint density at radius 1 is 1.56 bits per heavy atom. The first-order chi connectivity index (χ1) is 8.56. The van der Waals surface area contributed by atoms with E-state index >= 15 is 0 Å². The highest BCUT2D eigenvalue weighted by Crippen LogP contribution is 2.11. The van der Waals surface area contributed by atoms with Crippen LogP contribution in [0.1, 0.15) is 32.6 Å². The normalized spacial score (nSPS) is 20.4. The highest BCUT2D eigenvalue weighted by atomic mass is 16.5. The van der Waals surface area contributed by atoms with Gasteiger partial charge < -0.3 is 20.1 Å². The molecule has 0 aliphatic carbocycles. The van der Waals surface area contributed by atoms with Crippen LogP contribution in [0.3, 0.4) is 0 Å². The minimum Gasteiger partial charge on any atom is -0.480 e. The molecule has 1 fully saturated rings. The molecule has 1 heterocycles. The van der Waals surface area contributed by atoms with Gasteiger partial charge in [0.2, 0.25) is 0 Å². The van der Waals surface area contributed by atoms with Crippen LogP contribution in [0.5, 0.6) is 0 Å². The van der Waals surface area contributed by atoms with Crippen LogP contribution < -0.4 is 5.32 Å². The predicted molar refractivity (Wildman–Crippen MR) is 66.5 cm³/mol. The molecule has 1 rings (SSSR count). The second-order valence-electron chi connectivity index (χ2n) is 4.61. The highest BCUT2D eigenvalue weighted by Gasteiger charge is 2.27. The van der Waals surface area contributed by atoms with Gasteiger partial charge in [-0.3, -0.25) is 0 Å². The molecule has 1 saturated heterocycles. The van der Waals surface area contributed by atoms with Crippen LogP contribution in [0.2, 0.25) is 0 Å². The van der Waals surface area contributed by atoms with Crippen LogP contribution in [0.25, 0.3) is 0 Å². The fraction of sp³-hybridized carbons (Fsp3) is 0.833. The number of ether oxygens (including phenoxy) is 1. The van der Waals surface area contributed by atoms with Gasteiger partial charge in [0.1, 0.15) is 6.04 Å². The maximum atomic E-state index is 11.9. The van der Waals surface area contributed by atoms with Crippen LogP contribution >= 0.6 is 0 Å². The number of urea groups is 1. The molecule has 1 aliphatic heterocycles. The number of hydrogen-bond donors (Lipinski definition) is 2. The van der Waals surface area contributed by atoms with Gasteiger partial charge in [0.05, 0.1) is 12.6 Å². The summed E-state index contributed by atoms with van der Waals surface area (Å²) in [5.74, 6) is -0.979. The van der Waals surface area contributed by atoms with Gasteiger partial charge in [-0.25, -0.2) is 9.59 Å². The molecular weight excluding hydrogens is 236 g/mol. The second-order valence-corrected chi connectivity index (χ2v) is 4.61. The Labute approximate surface area is 107 Å². The third-order valence-corrected chi connectivity index (χ3v) is 3.22. The number of nitrogens with zero attached hydrogens (tertiary/aromatic N) is 1. The van der Waals surface area contributed by atoms with Crippen LogP contribution in [0, 0.1) is 0 Å². The Bertz CT molecular complexity index is 290. The second kappa shape index (κ2) is 7.20. The van der Waals surface area contributed by atoms with E-state index < -0.39 is 12.0 Å². The molecule has 1 aliphatic rings. The van der Waals surface area contributed by atoms with E-state index in [9.17, 15) is 9.59 Å². The van der Waals surface area contributed by atoms with Crippen LogP contribution in [0.15, 0.2) is 0 Å². The Hall–Kier alpha value is -1.30. The molecule has 6 heteroatoms. The van der Waals surface area contributed by atoms with Gasteiger partial charge in [-0.15, -0.1) is 0 Å². The number of carbonyl (C=O) groups excluding carboxylic acids is 1. The average Bonchev–Trinajstić information content (AvgIpc) is 2.86. The molecule has 0 radical (unpaired) electrons.